The highest BCUT2D eigenvalue weighted by Gasteiger charge is 2.33. The van der Waals surface area contributed by atoms with E-state index in [-0.39, 0.29) is 5.41 Å². The van der Waals surface area contributed by atoms with Gasteiger partial charge < -0.3 is 0 Å². The number of benzene rings is 1. The first-order valence-electron chi connectivity index (χ1n) is 6.58. The van der Waals surface area contributed by atoms with Crippen LogP contribution in [0.5, 0.6) is 0 Å². The van der Waals surface area contributed by atoms with Crippen molar-refractivity contribution >= 4 is 47.8 Å². The zero-order valence-corrected chi connectivity index (χ0v) is 15.2. The van der Waals surface area contributed by atoms with Crippen LogP contribution in [-0.4, -0.2) is 10.7 Å². The molecule has 1 aromatic rings. The molecule has 0 nitrogen and oxygen atoms in total. The van der Waals surface area contributed by atoms with Gasteiger partial charge in [0.1, 0.15) is 0 Å². The molecule has 0 unspecified atom stereocenters. The van der Waals surface area contributed by atoms with Crippen LogP contribution >= 0.6 is 47.8 Å². The summed E-state index contributed by atoms with van der Waals surface area (Å²) in [7, 11) is 0. The largest absolute Gasteiger partial charge is 0.0918 e. The van der Waals surface area contributed by atoms with Crippen LogP contribution < -0.4 is 0 Å². The van der Waals surface area contributed by atoms with Gasteiger partial charge in [-0.15, -0.1) is 0 Å². The second-order valence-electron chi connectivity index (χ2n) is 5.41. The van der Waals surface area contributed by atoms with Crippen LogP contribution in [0.25, 0.3) is 0 Å². The van der Waals surface area contributed by atoms with Crippen molar-refractivity contribution in [2.45, 2.75) is 37.5 Å². The molecule has 0 heterocycles. The monoisotopic (exact) mass is 436 g/mol. The molecule has 1 saturated carbocycles. The van der Waals surface area contributed by atoms with E-state index in [0.29, 0.717) is 0 Å². The van der Waals surface area contributed by atoms with E-state index < -0.39 is 0 Å². The van der Waals surface area contributed by atoms with E-state index in [2.05, 4.69) is 72.1 Å². The highest BCUT2D eigenvalue weighted by molar-refractivity contribution is 9.10. The summed E-state index contributed by atoms with van der Waals surface area (Å²) in [6.45, 7) is 0. The van der Waals surface area contributed by atoms with Gasteiger partial charge in [-0.1, -0.05) is 85.6 Å². The molecule has 0 amide bonds. The highest BCUT2D eigenvalue weighted by Crippen LogP contribution is 2.40. The van der Waals surface area contributed by atoms with Crippen LogP contribution in [0.15, 0.2) is 28.7 Å². The summed E-state index contributed by atoms with van der Waals surface area (Å²) in [5, 5.41) is 2.06. The number of alkyl halides is 2. The Labute approximate surface area is 135 Å². The SMILES string of the molecule is BrCC(CBr)(CC1CCCC1)c1ccc(Br)cc1. The smallest absolute Gasteiger partial charge is 0.0175 e. The summed E-state index contributed by atoms with van der Waals surface area (Å²) in [5.74, 6) is 0.906. The third-order valence-electron chi connectivity index (χ3n) is 4.12. The lowest BCUT2D eigenvalue weighted by Crippen LogP contribution is -2.32. The van der Waals surface area contributed by atoms with Gasteiger partial charge in [-0.3, -0.25) is 0 Å². The molecule has 2 rings (SSSR count). The second kappa shape index (κ2) is 6.90. The van der Waals surface area contributed by atoms with Crippen LogP contribution in [0.3, 0.4) is 0 Å². The van der Waals surface area contributed by atoms with E-state index in [1.165, 1.54) is 37.7 Å². The minimum Gasteiger partial charge on any atom is -0.0918 e. The average molecular weight is 439 g/mol. The van der Waals surface area contributed by atoms with Crippen molar-refractivity contribution in [2.75, 3.05) is 10.7 Å². The molecule has 100 valence electrons. The second-order valence-corrected chi connectivity index (χ2v) is 7.45. The van der Waals surface area contributed by atoms with Gasteiger partial charge in [-0.2, -0.15) is 0 Å². The summed E-state index contributed by atoms with van der Waals surface area (Å²) in [6.07, 6.45) is 6.97. The molecule has 1 aliphatic rings. The molecule has 1 aliphatic carbocycles. The van der Waals surface area contributed by atoms with Crippen LogP contribution in [-0.2, 0) is 5.41 Å². The van der Waals surface area contributed by atoms with Crippen LogP contribution in [0, 0.1) is 5.92 Å². The Balaban J connectivity index is 2.21. The van der Waals surface area contributed by atoms with Crippen molar-refractivity contribution in [1.82, 2.24) is 0 Å². The Hall–Kier alpha value is 0.660. The molecule has 0 aliphatic heterocycles. The van der Waals surface area contributed by atoms with Crippen LogP contribution in [0.2, 0.25) is 0 Å². The highest BCUT2D eigenvalue weighted by atomic mass is 79.9. The van der Waals surface area contributed by atoms with Gasteiger partial charge in [0, 0.05) is 20.5 Å². The molecule has 0 aromatic heterocycles. The van der Waals surface area contributed by atoms with Gasteiger partial charge in [-0.05, 0) is 30.0 Å². The van der Waals surface area contributed by atoms with Crippen LogP contribution in [0.4, 0.5) is 0 Å². The lowest BCUT2D eigenvalue weighted by molar-refractivity contribution is 0.379. The normalized spacial score (nSPS) is 17.3. The first-order valence-corrected chi connectivity index (χ1v) is 9.62. The predicted molar refractivity (Wildman–Crippen MR) is 90.0 cm³/mol. The van der Waals surface area contributed by atoms with Crippen molar-refractivity contribution in [3.05, 3.63) is 34.3 Å². The summed E-state index contributed by atoms with van der Waals surface area (Å²) >= 11 is 11.0. The maximum Gasteiger partial charge on any atom is 0.0175 e. The zero-order valence-electron chi connectivity index (χ0n) is 10.5. The molecule has 0 spiro atoms. The molecule has 0 N–H and O–H groups in total. The Morgan fingerprint density at radius 3 is 2.06 bits per heavy atom. The van der Waals surface area contributed by atoms with Crippen LogP contribution in [0.1, 0.15) is 37.7 Å². The van der Waals surface area contributed by atoms with Crippen molar-refractivity contribution in [2.24, 2.45) is 5.92 Å². The first-order chi connectivity index (χ1) is 8.70. The molecule has 1 fully saturated rings. The van der Waals surface area contributed by atoms with E-state index in [0.717, 1.165) is 21.1 Å². The lowest BCUT2D eigenvalue weighted by atomic mass is 9.76. The lowest BCUT2D eigenvalue weighted by Gasteiger charge is -2.33. The molecule has 0 radical (unpaired) electrons. The zero-order chi connectivity index (χ0) is 13.0. The Morgan fingerprint density at radius 2 is 1.56 bits per heavy atom. The third kappa shape index (κ3) is 3.40. The Bertz CT molecular complexity index is 362. The minimum absolute atomic E-state index is 0.246. The maximum absolute atomic E-state index is 3.75. The van der Waals surface area contributed by atoms with Crippen molar-refractivity contribution in [3.63, 3.8) is 0 Å². The molecule has 18 heavy (non-hydrogen) atoms. The first kappa shape index (κ1) is 15.1. The molecule has 1 aromatic carbocycles. The number of hydrogen-bond acceptors (Lipinski definition) is 0. The van der Waals surface area contributed by atoms with Gasteiger partial charge in [0.05, 0.1) is 0 Å². The van der Waals surface area contributed by atoms with Gasteiger partial charge in [0.15, 0.2) is 0 Å². The summed E-state index contributed by atoms with van der Waals surface area (Å²) < 4.78 is 1.16. The van der Waals surface area contributed by atoms with E-state index in [9.17, 15) is 0 Å². The van der Waals surface area contributed by atoms with E-state index in [1.807, 2.05) is 0 Å². The fourth-order valence-electron chi connectivity index (χ4n) is 2.99. The maximum atomic E-state index is 3.75. The van der Waals surface area contributed by atoms with Crippen molar-refractivity contribution in [3.8, 4) is 0 Å². The van der Waals surface area contributed by atoms with E-state index >= 15 is 0 Å². The molecular weight excluding hydrogens is 420 g/mol. The van der Waals surface area contributed by atoms with Gasteiger partial charge in [0.2, 0.25) is 0 Å². The molecular formula is C15H19Br3. The minimum atomic E-state index is 0.246. The molecule has 0 bridgehead atoms. The number of halogens is 3. The van der Waals surface area contributed by atoms with Crippen molar-refractivity contribution in [1.29, 1.82) is 0 Å². The number of hydrogen-bond donors (Lipinski definition) is 0. The Morgan fingerprint density at radius 1 is 1.00 bits per heavy atom. The fourth-order valence-corrected chi connectivity index (χ4v) is 5.29. The molecule has 0 atom stereocenters. The molecule has 0 saturated heterocycles. The predicted octanol–water partition coefficient (Wildman–Crippen LogP) is 6.06. The number of rotatable bonds is 5. The molecule has 3 heteroatoms. The third-order valence-corrected chi connectivity index (χ3v) is 6.80. The van der Waals surface area contributed by atoms with E-state index in [4.69, 9.17) is 0 Å². The summed E-state index contributed by atoms with van der Waals surface area (Å²) in [4.78, 5) is 0. The topological polar surface area (TPSA) is 0 Å². The van der Waals surface area contributed by atoms with Gasteiger partial charge in [0.25, 0.3) is 0 Å². The summed E-state index contributed by atoms with van der Waals surface area (Å²) in [6, 6.07) is 8.84. The van der Waals surface area contributed by atoms with Gasteiger partial charge >= 0.3 is 0 Å². The van der Waals surface area contributed by atoms with Crippen molar-refractivity contribution < 1.29 is 0 Å². The quantitative estimate of drug-likeness (QED) is 0.490. The Kier molecular flexibility index (Phi) is 5.77. The average Bonchev–Trinajstić information content (AvgIpc) is 2.90. The summed E-state index contributed by atoms with van der Waals surface area (Å²) in [5.41, 5.74) is 1.70. The van der Waals surface area contributed by atoms with E-state index in [1.54, 1.807) is 0 Å². The fraction of sp³-hybridized carbons (Fsp3) is 0.600. The standard InChI is InChI=1S/C15H19Br3/c16-10-15(11-17,9-12-3-1-2-4-12)13-5-7-14(18)8-6-13/h5-8,12H,1-4,9-11H2. The van der Waals surface area contributed by atoms with Gasteiger partial charge in [-0.25, -0.2) is 0 Å².